The third-order valence-electron chi connectivity index (χ3n) is 5.67. The van der Waals surface area contributed by atoms with Crippen molar-refractivity contribution >= 4 is 32.5 Å². The SMILES string of the molecule is C=CC(=O)c1cn(-c2cc(NS(=O)(=O)CC)ccc2Oc2c(C)cc(F)cc2C)c2cc[nH]c2c1=O. The van der Waals surface area contributed by atoms with E-state index in [0.29, 0.717) is 28.1 Å². The topological polar surface area (TPSA) is 110 Å². The van der Waals surface area contributed by atoms with Crippen LogP contribution < -0.4 is 14.9 Å². The van der Waals surface area contributed by atoms with Crippen LogP contribution in [0.1, 0.15) is 28.4 Å². The van der Waals surface area contributed by atoms with Crippen molar-refractivity contribution in [2.75, 3.05) is 10.5 Å². The summed E-state index contributed by atoms with van der Waals surface area (Å²) >= 11 is 0. The molecule has 0 bridgehead atoms. The highest BCUT2D eigenvalue weighted by Crippen LogP contribution is 2.36. The zero-order valence-electron chi connectivity index (χ0n) is 19.9. The quantitative estimate of drug-likeness (QED) is 0.257. The average Bonchev–Trinajstić information content (AvgIpc) is 3.32. The molecule has 0 unspecified atom stereocenters. The van der Waals surface area contributed by atoms with Crippen LogP contribution in [0, 0.1) is 19.7 Å². The summed E-state index contributed by atoms with van der Waals surface area (Å²) in [6.07, 6.45) is 3.97. The second-order valence-corrected chi connectivity index (χ2v) is 10.2. The number of aromatic amines is 1. The van der Waals surface area contributed by atoms with E-state index in [0.717, 1.165) is 6.08 Å². The number of sulfonamides is 1. The van der Waals surface area contributed by atoms with Crippen molar-refractivity contribution in [3.8, 4) is 17.2 Å². The fraction of sp³-hybridized carbons (Fsp3) is 0.154. The van der Waals surface area contributed by atoms with Gasteiger partial charge >= 0.3 is 0 Å². The standard InChI is InChI=1S/C26H24FN3O5S/c1-5-22(31)19-14-30(20-9-10-28-24(20)25(19)32)21-13-18(29-36(33,34)6-2)7-8-23(21)35-26-15(3)11-17(27)12-16(26)4/h5,7-14,28-29H,1,6H2,2-4H3. The van der Waals surface area contributed by atoms with Crippen LogP contribution in [0.15, 0.2) is 66.2 Å². The number of hydrogen-bond donors (Lipinski definition) is 2. The van der Waals surface area contributed by atoms with Crippen LogP contribution in [0.2, 0.25) is 0 Å². The summed E-state index contributed by atoms with van der Waals surface area (Å²) < 4.78 is 48.6. The number of aromatic nitrogens is 2. The molecule has 4 rings (SSSR count). The van der Waals surface area contributed by atoms with Gasteiger partial charge < -0.3 is 14.3 Å². The van der Waals surface area contributed by atoms with Crippen LogP contribution in [0.4, 0.5) is 10.1 Å². The van der Waals surface area contributed by atoms with E-state index in [4.69, 9.17) is 4.74 Å². The molecule has 4 aromatic rings. The summed E-state index contributed by atoms with van der Waals surface area (Å²) in [5.41, 5.74) is 1.72. The molecule has 0 saturated heterocycles. The smallest absolute Gasteiger partial charge is 0.232 e. The number of fused-ring (bicyclic) bond motifs is 1. The van der Waals surface area contributed by atoms with Crippen LogP contribution in [-0.2, 0) is 10.0 Å². The monoisotopic (exact) mass is 509 g/mol. The Morgan fingerprint density at radius 3 is 2.53 bits per heavy atom. The predicted octanol–water partition coefficient (Wildman–Crippen LogP) is 5.00. The number of ketones is 1. The third-order valence-corrected chi connectivity index (χ3v) is 6.98. The molecule has 0 fully saturated rings. The Hall–Kier alpha value is -4.18. The van der Waals surface area contributed by atoms with E-state index in [2.05, 4.69) is 16.3 Å². The number of carbonyl (C=O) groups is 1. The van der Waals surface area contributed by atoms with E-state index in [-0.39, 0.29) is 28.3 Å². The van der Waals surface area contributed by atoms with E-state index in [1.165, 1.54) is 37.4 Å². The minimum Gasteiger partial charge on any atom is -0.455 e. The number of allylic oxidation sites excluding steroid dienone is 1. The number of anilines is 1. The summed E-state index contributed by atoms with van der Waals surface area (Å²) in [7, 11) is -3.59. The molecule has 8 nitrogen and oxygen atoms in total. The van der Waals surface area contributed by atoms with Gasteiger partial charge in [0, 0.05) is 12.4 Å². The lowest BCUT2D eigenvalue weighted by atomic mass is 10.1. The maximum atomic E-state index is 13.9. The van der Waals surface area contributed by atoms with Gasteiger partial charge in [0.05, 0.1) is 28.2 Å². The number of rotatable bonds is 8. The summed E-state index contributed by atoms with van der Waals surface area (Å²) in [6.45, 7) is 8.40. The molecule has 0 atom stereocenters. The number of nitrogens with zero attached hydrogens (tertiary/aromatic N) is 1. The number of nitrogens with one attached hydrogen (secondary N) is 2. The Bertz CT molecular complexity index is 1660. The van der Waals surface area contributed by atoms with Crippen molar-refractivity contribution in [1.82, 2.24) is 9.55 Å². The van der Waals surface area contributed by atoms with Crippen LogP contribution in [0.5, 0.6) is 11.5 Å². The number of pyridine rings is 1. The van der Waals surface area contributed by atoms with Crippen molar-refractivity contribution in [3.63, 3.8) is 0 Å². The zero-order chi connectivity index (χ0) is 26.2. The highest BCUT2D eigenvalue weighted by molar-refractivity contribution is 7.92. The van der Waals surface area contributed by atoms with Crippen molar-refractivity contribution < 1.29 is 22.3 Å². The molecule has 10 heteroatoms. The van der Waals surface area contributed by atoms with Gasteiger partial charge in [0.25, 0.3) is 0 Å². The average molecular weight is 510 g/mol. The molecule has 2 aromatic carbocycles. The predicted molar refractivity (Wildman–Crippen MR) is 137 cm³/mol. The van der Waals surface area contributed by atoms with Gasteiger partial charge in [0.15, 0.2) is 11.5 Å². The number of carbonyl (C=O) groups excluding carboxylic acids is 1. The Morgan fingerprint density at radius 2 is 1.89 bits per heavy atom. The van der Waals surface area contributed by atoms with Gasteiger partial charge in [-0.3, -0.25) is 14.3 Å². The van der Waals surface area contributed by atoms with Gasteiger partial charge in [-0.15, -0.1) is 0 Å². The van der Waals surface area contributed by atoms with Crippen LogP contribution in [0.3, 0.4) is 0 Å². The Morgan fingerprint density at radius 1 is 1.19 bits per heavy atom. The molecule has 2 N–H and O–H groups in total. The number of halogens is 1. The van der Waals surface area contributed by atoms with Crippen molar-refractivity contribution in [3.05, 3.63) is 94.2 Å². The van der Waals surface area contributed by atoms with Crippen LogP contribution in [-0.4, -0.2) is 29.5 Å². The van der Waals surface area contributed by atoms with Crippen LogP contribution in [0.25, 0.3) is 16.7 Å². The lowest BCUT2D eigenvalue weighted by molar-refractivity contribution is 0.104. The molecule has 0 aliphatic carbocycles. The number of aryl methyl sites for hydroxylation is 2. The summed E-state index contributed by atoms with van der Waals surface area (Å²) in [5, 5.41) is 0. The first-order chi connectivity index (χ1) is 17.0. The first-order valence-electron chi connectivity index (χ1n) is 11.0. The Labute approximate surface area is 207 Å². The maximum Gasteiger partial charge on any atom is 0.232 e. The molecule has 186 valence electrons. The zero-order valence-corrected chi connectivity index (χ0v) is 20.7. The lowest BCUT2D eigenvalue weighted by Crippen LogP contribution is -2.18. The second kappa shape index (κ2) is 9.46. The number of benzene rings is 2. The molecule has 0 amide bonds. The van der Waals surface area contributed by atoms with Crippen LogP contribution >= 0.6 is 0 Å². The molecular formula is C26H24FN3O5S. The number of H-pyrrole nitrogens is 1. The molecule has 0 aliphatic rings. The summed E-state index contributed by atoms with van der Waals surface area (Å²) in [5.74, 6) is -0.388. The van der Waals surface area contributed by atoms with E-state index >= 15 is 0 Å². The fourth-order valence-electron chi connectivity index (χ4n) is 3.90. The third kappa shape index (κ3) is 4.67. The molecule has 0 aliphatic heterocycles. The van der Waals surface area contributed by atoms with Gasteiger partial charge in [0.1, 0.15) is 17.1 Å². The van der Waals surface area contributed by atoms with Gasteiger partial charge in [-0.1, -0.05) is 6.58 Å². The second-order valence-electron chi connectivity index (χ2n) is 8.21. The minimum atomic E-state index is -3.59. The Balaban J connectivity index is 2.00. The summed E-state index contributed by atoms with van der Waals surface area (Å²) in [4.78, 5) is 28.2. The van der Waals surface area contributed by atoms with Gasteiger partial charge in [-0.25, -0.2) is 12.8 Å². The van der Waals surface area contributed by atoms with Gasteiger partial charge in [-0.2, -0.15) is 0 Å². The molecule has 0 radical (unpaired) electrons. The molecule has 0 saturated carbocycles. The number of ether oxygens (including phenoxy) is 1. The summed E-state index contributed by atoms with van der Waals surface area (Å²) in [6, 6.07) is 8.98. The maximum absolute atomic E-state index is 13.9. The largest absolute Gasteiger partial charge is 0.455 e. The lowest BCUT2D eigenvalue weighted by Gasteiger charge is -2.19. The van der Waals surface area contributed by atoms with Crippen molar-refractivity contribution in [1.29, 1.82) is 0 Å². The van der Waals surface area contributed by atoms with Gasteiger partial charge in [-0.05, 0) is 74.4 Å². The molecule has 2 aromatic heterocycles. The molecule has 0 spiro atoms. The molecular weight excluding hydrogens is 485 g/mol. The first kappa shape index (κ1) is 24.9. The van der Waals surface area contributed by atoms with Crippen molar-refractivity contribution in [2.24, 2.45) is 0 Å². The minimum absolute atomic E-state index is 0.125. The molecule has 36 heavy (non-hydrogen) atoms. The fourth-order valence-corrected chi connectivity index (χ4v) is 4.53. The van der Waals surface area contributed by atoms with E-state index in [1.807, 2.05) is 0 Å². The van der Waals surface area contributed by atoms with Gasteiger partial charge in [0.2, 0.25) is 15.5 Å². The van der Waals surface area contributed by atoms with E-state index in [9.17, 15) is 22.4 Å². The van der Waals surface area contributed by atoms with E-state index in [1.54, 1.807) is 36.7 Å². The normalized spacial score (nSPS) is 11.4. The molecule has 2 heterocycles. The highest BCUT2D eigenvalue weighted by atomic mass is 32.2. The van der Waals surface area contributed by atoms with E-state index < -0.39 is 27.1 Å². The first-order valence-corrected chi connectivity index (χ1v) is 12.7. The Kier molecular flexibility index (Phi) is 6.55. The van der Waals surface area contributed by atoms with Crippen molar-refractivity contribution in [2.45, 2.75) is 20.8 Å². The number of hydrogen-bond acceptors (Lipinski definition) is 5. The highest BCUT2D eigenvalue weighted by Gasteiger charge is 2.20.